The Hall–Kier alpha value is -3.29. The summed E-state index contributed by atoms with van der Waals surface area (Å²) in [6, 6.07) is 10.5. The standard InChI is InChI=1S/C21H20F2N4O2/c1-13-2-4-14(5-3-13)19-25-20(29-26-19)15-8-10-27(11-9-15)21(28)24-18-7-6-16(22)12-17(18)23/h2-7,12,15H,8-11H2,1H3,(H,24,28). The van der Waals surface area contributed by atoms with Gasteiger partial charge in [0.2, 0.25) is 11.7 Å². The molecule has 0 unspecified atom stereocenters. The topological polar surface area (TPSA) is 71.3 Å². The lowest BCUT2D eigenvalue weighted by molar-refractivity contribution is 0.187. The Morgan fingerprint density at radius 1 is 1.14 bits per heavy atom. The first-order chi connectivity index (χ1) is 14.0. The van der Waals surface area contributed by atoms with Crippen LogP contribution < -0.4 is 5.32 Å². The van der Waals surface area contributed by atoms with Crippen molar-refractivity contribution in [3.63, 3.8) is 0 Å². The quantitative estimate of drug-likeness (QED) is 0.692. The molecule has 0 saturated carbocycles. The van der Waals surface area contributed by atoms with Crippen LogP contribution in [-0.4, -0.2) is 34.2 Å². The van der Waals surface area contributed by atoms with Crippen molar-refractivity contribution in [1.82, 2.24) is 15.0 Å². The number of hydrogen-bond donors (Lipinski definition) is 1. The van der Waals surface area contributed by atoms with E-state index in [9.17, 15) is 13.6 Å². The van der Waals surface area contributed by atoms with Gasteiger partial charge in [-0.25, -0.2) is 13.6 Å². The number of piperidine rings is 1. The van der Waals surface area contributed by atoms with E-state index in [-0.39, 0.29) is 11.6 Å². The smallest absolute Gasteiger partial charge is 0.321 e. The summed E-state index contributed by atoms with van der Waals surface area (Å²) < 4.78 is 32.2. The lowest BCUT2D eigenvalue weighted by Gasteiger charge is -2.30. The molecule has 0 radical (unpaired) electrons. The fourth-order valence-corrected chi connectivity index (χ4v) is 3.34. The molecule has 2 aromatic carbocycles. The van der Waals surface area contributed by atoms with E-state index in [4.69, 9.17) is 4.52 Å². The molecule has 0 aliphatic carbocycles. The van der Waals surface area contributed by atoms with Crippen molar-refractivity contribution in [2.75, 3.05) is 18.4 Å². The number of hydrogen-bond acceptors (Lipinski definition) is 4. The van der Waals surface area contributed by atoms with Crippen LogP contribution in [0.25, 0.3) is 11.4 Å². The summed E-state index contributed by atoms with van der Waals surface area (Å²) in [5, 5.41) is 6.55. The Kier molecular flexibility index (Phi) is 5.24. The summed E-state index contributed by atoms with van der Waals surface area (Å²) in [5.41, 5.74) is 2.01. The van der Waals surface area contributed by atoms with Crippen LogP contribution in [0.3, 0.4) is 0 Å². The van der Waals surface area contributed by atoms with E-state index in [1.165, 1.54) is 6.07 Å². The Balaban J connectivity index is 1.35. The van der Waals surface area contributed by atoms with Gasteiger partial charge in [-0.2, -0.15) is 4.98 Å². The molecular weight excluding hydrogens is 378 g/mol. The minimum Gasteiger partial charge on any atom is -0.339 e. The highest BCUT2D eigenvalue weighted by molar-refractivity contribution is 5.89. The van der Waals surface area contributed by atoms with Crippen LogP contribution in [0.2, 0.25) is 0 Å². The van der Waals surface area contributed by atoms with Crippen molar-refractivity contribution in [3.8, 4) is 11.4 Å². The molecule has 29 heavy (non-hydrogen) atoms. The van der Waals surface area contributed by atoms with E-state index in [2.05, 4.69) is 15.5 Å². The second-order valence-electron chi connectivity index (χ2n) is 7.14. The molecule has 2 heterocycles. The zero-order valence-electron chi connectivity index (χ0n) is 15.9. The van der Waals surface area contributed by atoms with E-state index in [1.807, 2.05) is 31.2 Å². The fourth-order valence-electron chi connectivity index (χ4n) is 3.34. The lowest BCUT2D eigenvalue weighted by atomic mass is 9.97. The minimum absolute atomic E-state index is 0.0434. The molecule has 0 bridgehead atoms. The van der Waals surface area contributed by atoms with Gasteiger partial charge < -0.3 is 14.7 Å². The number of urea groups is 1. The highest BCUT2D eigenvalue weighted by atomic mass is 19.1. The summed E-state index contributed by atoms with van der Waals surface area (Å²) >= 11 is 0. The Bertz CT molecular complexity index is 1010. The largest absolute Gasteiger partial charge is 0.339 e. The number of anilines is 1. The van der Waals surface area contributed by atoms with Gasteiger partial charge in [-0.15, -0.1) is 0 Å². The number of carbonyl (C=O) groups excluding carboxylic acids is 1. The molecule has 1 aliphatic heterocycles. The second-order valence-corrected chi connectivity index (χ2v) is 7.14. The predicted molar refractivity (Wildman–Crippen MR) is 103 cm³/mol. The first kappa shape index (κ1) is 19.0. The number of aromatic nitrogens is 2. The van der Waals surface area contributed by atoms with Crippen LogP contribution >= 0.6 is 0 Å². The predicted octanol–water partition coefficient (Wildman–Crippen LogP) is 4.73. The average molecular weight is 398 g/mol. The molecule has 1 aromatic heterocycles. The maximum Gasteiger partial charge on any atom is 0.321 e. The number of likely N-dealkylation sites (tertiary alicyclic amines) is 1. The van der Waals surface area contributed by atoms with Gasteiger partial charge in [-0.1, -0.05) is 35.0 Å². The van der Waals surface area contributed by atoms with Crippen LogP contribution in [0.15, 0.2) is 47.0 Å². The number of rotatable bonds is 3. The van der Waals surface area contributed by atoms with Crippen molar-refractivity contribution in [2.45, 2.75) is 25.7 Å². The van der Waals surface area contributed by atoms with Gasteiger partial charge in [-0.3, -0.25) is 0 Å². The summed E-state index contributed by atoms with van der Waals surface area (Å²) in [4.78, 5) is 18.5. The molecule has 4 rings (SSSR count). The number of nitrogens with one attached hydrogen (secondary N) is 1. The molecule has 6 nitrogen and oxygen atoms in total. The molecule has 0 spiro atoms. The first-order valence-electron chi connectivity index (χ1n) is 9.41. The van der Waals surface area contributed by atoms with Crippen molar-refractivity contribution in [2.24, 2.45) is 0 Å². The first-order valence-corrected chi connectivity index (χ1v) is 9.41. The zero-order chi connectivity index (χ0) is 20.4. The van der Waals surface area contributed by atoms with Gasteiger partial charge in [0.1, 0.15) is 11.6 Å². The van der Waals surface area contributed by atoms with E-state index in [0.717, 1.165) is 23.3 Å². The number of halogens is 2. The molecule has 0 atom stereocenters. The SMILES string of the molecule is Cc1ccc(-c2noc(C3CCN(C(=O)Nc4ccc(F)cc4F)CC3)n2)cc1. The lowest BCUT2D eigenvalue weighted by Crippen LogP contribution is -2.40. The number of carbonyl (C=O) groups is 1. The Morgan fingerprint density at radius 2 is 1.86 bits per heavy atom. The van der Waals surface area contributed by atoms with Crippen molar-refractivity contribution < 1.29 is 18.1 Å². The Morgan fingerprint density at radius 3 is 2.55 bits per heavy atom. The number of amides is 2. The number of aryl methyl sites for hydroxylation is 1. The number of benzene rings is 2. The van der Waals surface area contributed by atoms with Crippen LogP contribution in [0.5, 0.6) is 0 Å². The van der Waals surface area contributed by atoms with Gasteiger partial charge in [0.05, 0.1) is 5.69 Å². The van der Waals surface area contributed by atoms with Crippen LogP contribution in [0.4, 0.5) is 19.3 Å². The Labute approximate surface area is 166 Å². The van der Waals surface area contributed by atoms with E-state index in [0.29, 0.717) is 37.6 Å². The van der Waals surface area contributed by atoms with Crippen LogP contribution in [0, 0.1) is 18.6 Å². The third-order valence-electron chi connectivity index (χ3n) is 5.06. The highest BCUT2D eigenvalue weighted by Gasteiger charge is 2.28. The van der Waals surface area contributed by atoms with Gasteiger partial charge in [-0.05, 0) is 31.9 Å². The third-order valence-corrected chi connectivity index (χ3v) is 5.06. The monoisotopic (exact) mass is 398 g/mol. The molecule has 1 N–H and O–H groups in total. The normalized spacial score (nSPS) is 14.8. The van der Waals surface area contributed by atoms with E-state index >= 15 is 0 Å². The maximum atomic E-state index is 13.7. The zero-order valence-corrected chi connectivity index (χ0v) is 15.9. The van der Waals surface area contributed by atoms with E-state index < -0.39 is 17.7 Å². The molecule has 2 amide bonds. The van der Waals surface area contributed by atoms with Gasteiger partial charge in [0, 0.05) is 30.6 Å². The minimum atomic E-state index is -0.803. The van der Waals surface area contributed by atoms with Crippen molar-refractivity contribution in [3.05, 3.63) is 65.6 Å². The molecule has 150 valence electrons. The second kappa shape index (κ2) is 7.98. The van der Waals surface area contributed by atoms with Crippen LogP contribution in [-0.2, 0) is 0 Å². The van der Waals surface area contributed by atoms with E-state index in [1.54, 1.807) is 4.90 Å². The highest BCUT2D eigenvalue weighted by Crippen LogP contribution is 2.29. The molecule has 3 aromatic rings. The summed E-state index contributed by atoms with van der Waals surface area (Å²) in [6.45, 7) is 2.96. The third kappa shape index (κ3) is 4.26. The summed E-state index contributed by atoms with van der Waals surface area (Å²) in [7, 11) is 0. The van der Waals surface area contributed by atoms with Crippen molar-refractivity contribution in [1.29, 1.82) is 0 Å². The number of nitrogens with zero attached hydrogens (tertiary/aromatic N) is 3. The summed E-state index contributed by atoms with van der Waals surface area (Å²) in [5.74, 6) is -0.320. The molecule has 8 heteroatoms. The molecule has 1 aliphatic rings. The summed E-state index contributed by atoms with van der Waals surface area (Å²) in [6.07, 6.45) is 1.32. The molecule has 1 fully saturated rings. The van der Waals surface area contributed by atoms with Crippen LogP contribution in [0.1, 0.15) is 30.2 Å². The van der Waals surface area contributed by atoms with Gasteiger partial charge in [0.25, 0.3) is 0 Å². The average Bonchev–Trinajstić information content (AvgIpc) is 3.21. The maximum absolute atomic E-state index is 13.7. The van der Waals surface area contributed by atoms with Crippen molar-refractivity contribution >= 4 is 11.7 Å². The van der Waals surface area contributed by atoms with Gasteiger partial charge in [0.15, 0.2) is 0 Å². The molecule has 1 saturated heterocycles. The fraction of sp³-hybridized carbons (Fsp3) is 0.286. The molecular formula is C21H20F2N4O2. The van der Waals surface area contributed by atoms with Gasteiger partial charge >= 0.3 is 6.03 Å².